The van der Waals surface area contributed by atoms with Gasteiger partial charge in [0, 0.05) is 29.8 Å². The summed E-state index contributed by atoms with van der Waals surface area (Å²) >= 11 is 0. The molecule has 1 saturated heterocycles. The summed E-state index contributed by atoms with van der Waals surface area (Å²) in [6.07, 6.45) is 1.84. The minimum absolute atomic E-state index is 0.0546. The molecule has 5 rings (SSSR count). The molecule has 156 valence electrons. The number of methoxy groups -OCH3 is 1. The van der Waals surface area contributed by atoms with E-state index in [9.17, 15) is 14.7 Å². The van der Waals surface area contributed by atoms with Crippen molar-refractivity contribution in [2.24, 2.45) is 5.92 Å². The average molecular weight is 407 g/mol. The van der Waals surface area contributed by atoms with E-state index in [0.717, 1.165) is 29.8 Å². The second kappa shape index (κ2) is 7.32. The Morgan fingerprint density at radius 3 is 2.53 bits per heavy atom. The van der Waals surface area contributed by atoms with Gasteiger partial charge in [0.25, 0.3) is 0 Å². The van der Waals surface area contributed by atoms with Gasteiger partial charge in [-0.15, -0.1) is 0 Å². The minimum Gasteiger partial charge on any atom is -0.497 e. The van der Waals surface area contributed by atoms with Gasteiger partial charge in [-0.3, -0.25) is 9.69 Å². The van der Waals surface area contributed by atoms with E-state index in [1.54, 1.807) is 36.3 Å². The average Bonchev–Trinajstić information content (AvgIpc) is 3.60. The third-order valence-electron chi connectivity index (χ3n) is 6.45. The maximum atomic E-state index is 13.2. The Morgan fingerprint density at radius 2 is 1.87 bits per heavy atom. The number of hydrogen-bond acceptors (Lipinski definition) is 4. The summed E-state index contributed by atoms with van der Waals surface area (Å²) in [5.41, 5.74) is 2.52. The van der Waals surface area contributed by atoms with Gasteiger partial charge in [0.2, 0.25) is 5.91 Å². The number of benzene rings is 2. The number of carbonyl (C=O) groups is 2. The number of likely N-dealkylation sites (tertiary alicyclic amines) is 1. The van der Waals surface area contributed by atoms with Gasteiger partial charge in [0.15, 0.2) is 0 Å². The van der Waals surface area contributed by atoms with Crippen LogP contribution in [-0.2, 0) is 4.79 Å². The molecule has 2 heterocycles. The summed E-state index contributed by atoms with van der Waals surface area (Å²) < 4.78 is 5.17. The first-order valence-corrected chi connectivity index (χ1v) is 10.4. The van der Waals surface area contributed by atoms with Crippen molar-refractivity contribution in [1.29, 1.82) is 0 Å². The van der Waals surface area contributed by atoms with Gasteiger partial charge in [-0.25, -0.2) is 4.79 Å². The van der Waals surface area contributed by atoms with Gasteiger partial charge in [0.05, 0.1) is 25.8 Å². The highest BCUT2D eigenvalue weighted by atomic mass is 16.5. The summed E-state index contributed by atoms with van der Waals surface area (Å²) in [7, 11) is 1.60. The molecule has 1 aliphatic carbocycles. The quantitative estimate of drug-likeness (QED) is 0.817. The number of carbonyl (C=O) groups excluding carboxylic acids is 2. The highest BCUT2D eigenvalue weighted by molar-refractivity contribution is 6.03. The number of para-hydroxylation sites is 1. The SMILES string of the molecule is COc1ccc(NC(=O)N2C[C@@H]3[C@H](c4ccccc42)[C@H](CO)N3C(=O)C2CC2)cc1. The molecule has 3 amide bonds. The number of urea groups is 1. The van der Waals surface area contributed by atoms with E-state index in [1.807, 2.05) is 29.2 Å². The number of aliphatic hydroxyl groups excluding tert-OH is 1. The summed E-state index contributed by atoms with van der Waals surface area (Å²) in [6, 6.07) is 14.4. The second-order valence-electron chi connectivity index (χ2n) is 8.19. The Bertz CT molecular complexity index is 973. The number of aliphatic hydroxyl groups is 1. The van der Waals surface area contributed by atoms with Crippen molar-refractivity contribution < 1.29 is 19.4 Å². The monoisotopic (exact) mass is 407 g/mol. The molecule has 0 aromatic heterocycles. The van der Waals surface area contributed by atoms with E-state index in [2.05, 4.69) is 5.32 Å². The fraction of sp³-hybridized carbons (Fsp3) is 0.391. The lowest BCUT2D eigenvalue weighted by Crippen LogP contribution is -2.71. The van der Waals surface area contributed by atoms with Crippen LogP contribution in [0.2, 0.25) is 0 Å². The molecule has 2 fully saturated rings. The lowest BCUT2D eigenvalue weighted by molar-refractivity contribution is -0.151. The van der Waals surface area contributed by atoms with Crippen LogP contribution in [0.5, 0.6) is 5.75 Å². The second-order valence-corrected chi connectivity index (χ2v) is 8.19. The summed E-state index contributed by atoms with van der Waals surface area (Å²) in [4.78, 5) is 29.5. The van der Waals surface area contributed by atoms with Crippen LogP contribution < -0.4 is 15.0 Å². The van der Waals surface area contributed by atoms with Crippen LogP contribution in [0.3, 0.4) is 0 Å². The maximum Gasteiger partial charge on any atom is 0.326 e. The fourth-order valence-electron chi connectivity index (χ4n) is 4.79. The van der Waals surface area contributed by atoms with Gasteiger partial charge < -0.3 is 20.1 Å². The number of fused-ring (bicyclic) bond motifs is 3. The third-order valence-corrected chi connectivity index (χ3v) is 6.45. The van der Waals surface area contributed by atoms with Gasteiger partial charge >= 0.3 is 6.03 Å². The van der Waals surface area contributed by atoms with E-state index in [1.165, 1.54) is 0 Å². The van der Waals surface area contributed by atoms with E-state index < -0.39 is 0 Å². The van der Waals surface area contributed by atoms with E-state index in [0.29, 0.717) is 12.2 Å². The van der Waals surface area contributed by atoms with Crippen LogP contribution in [0.1, 0.15) is 24.3 Å². The molecular weight excluding hydrogens is 382 g/mol. The zero-order valence-corrected chi connectivity index (χ0v) is 16.8. The zero-order valence-electron chi connectivity index (χ0n) is 16.8. The summed E-state index contributed by atoms with van der Waals surface area (Å²) in [5.74, 6) is 0.973. The molecule has 1 saturated carbocycles. The Labute approximate surface area is 175 Å². The van der Waals surface area contributed by atoms with Crippen molar-refractivity contribution >= 4 is 23.3 Å². The molecule has 0 spiro atoms. The predicted octanol–water partition coefficient (Wildman–Crippen LogP) is 2.81. The highest BCUT2D eigenvalue weighted by Gasteiger charge is 2.56. The Kier molecular flexibility index (Phi) is 4.62. The number of anilines is 2. The molecular formula is C23H25N3O4. The molecule has 3 atom stereocenters. The van der Waals surface area contributed by atoms with Crippen LogP contribution in [0.15, 0.2) is 48.5 Å². The molecule has 2 N–H and O–H groups in total. The molecule has 0 bridgehead atoms. The van der Waals surface area contributed by atoms with Gasteiger partial charge in [0.1, 0.15) is 5.75 Å². The molecule has 3 aliphatic rings. The summed E-state index contributed by atoms with van der Waals surface area (Å²) in [6.45, 7) is 0.352. The van der Waals surface area contributed by atoms with Crippen molar-refractivity contribution in [3.8, 4) is 5.75 Å². The molecule has 30 heavy (non-hydrogen) atoms. The lowest BCUT2D eigenvalue weighted by Gasteiger charge is -2.59. The number of rotatable bonds is 4. The standard InChI is InChI=1S/C23H25N3O4/c1-30-16-10-8-15(9-11-16)24-23(29)25-12-19-21(17-4-2-3-5-18(17)25)20(13-27)26(19)22(28)14-6-7-14/h2-5,8-11,14,19-21,27H,6-7,12-13H2,1H3,(H,24,29)/t19-,20+,21+/m1/s1. The lowest BCUT2D eigenvalue weighted by atomic mass is 9.71. The van der Waals surface area contributed by atoms with Crippen molar-refractivity contribution in [3.05, 3.63) is 54.1 Å². The van der Waals surface area contributed by atoms with Gasteiger partial charge in [-0.05, 0) is 48.7 Å². The summed E-state index contributed by atoms with van der Waals surface area (Å²) in [5, 5.41) is 12.9. The Morgan fingerprint density at radius 1 is 1.13 bits per heavy atom. The smallest absolute Gasteiger partial charge is 0.326 e. The number of nitrogens with one attached hydrogen (secondary N) is 1. The first-order valence-electron chi connectivity index (χ1n) is 10.4. The van der Waals surface area contributed by atoms with E-state index in [4.69, 9.17) is 4.74 Å². The topological polar surface area (TPSA) is 82.1 Å². The Balaban J connectivity index is 1.43. The van der Waals surface area contributed by atoms with Crippen molar-refractivity contribution in [2.45, 2.75) is 30.8 Å². The molecule has 0 radical (unpaired) electrons. The maximum absolute atomic E-state index is 13.2. The first-order chi connectivity index (χ1) is 14.6. The van der Waals surface area contributed by atoms with Gasteiger partial charge in [-0.1, -0.05) is 18.2 Å². The first kappa shape index (κ1) is 18.9. The molecule has 7 nitrogen and oxygen atoms in total. The fourth-order valence-corrected chi connectivity index (χ4v) is 4.79. The van der Waals surface area contributed by atoms with Gasteiger partial charge in [-0.2, -0.15) is 0 Å². The highest BCUT2D eigenvalue weighted by Crippen LogP contribution is 2.50. The van der Waals surface area contributed by atoms with Crippen LogP contribution in [0, 0.1) is 5.92 Å². The van der Waals surface area contributed by atoms with Crippen LogP contribution >= 0.6 is 0 Å². The minimum atomic E-state index is -0.239. The van der Waals surface area contributed by atoms with Crippen LogP contribution in [0.4, 0.5) is 16.2 Å². The normalized spacial score (nSPS) is 24.4. The molecule has 2 aromatic rings. The van der Waals surface area contributed by atoms with E-state index >= 15 is 0 Å². The Hall–Kier alpha value is -3.06. The molecule has 2 aliphatic heterocycles. The van der Waals surface area contributed by atoms with Crippen molar-refractivity contribution in [2.75, 3.05) is 30.5 Å². The van der Waals surface area contributed by atoms with E-state index in [-0.39, 0.29) is 42.5 Å². The van der Waals surface area contributed by atoms with Crippen molar-refractivity contribution in [1.82, 2.24) is 4.90 Å². The number of ether oxygens (including phenoxy) is 1. The third kappa shape index (κ3) is 3.01. The number of amides is 3. The largest absolute Gasteiger partial charge is 0.497 e. The zero-order chi connectivity index (χ0) is 20.8. The van der Waals surface area contributed by atoms with Crippen LogP contribution in [0.25, 0.3) is 0 Å². The molecule has 2 aromatic carbocycles. The molecule has 7 heteroatoms. The number of hydrogen-bond donors (Lipinski definition) is 2. The van der Waals surface area contributed by atoms with Crippen molar-refractivity contribution in [3.63, 3.8) is 0 Å². The molecule has 0 unspecified atom stereocenters. The predicted molar refractivity (Wildman–Crippen MR) is 113 cm³/mol. The van der Waals surface area contributed by atoms with Crippen LogP contribution in [-0.4, -0.2) is 54.3 Å². The number of nitrogens with zero attached hydrogens (tertiary/aromatic N) is 2.